The lowest BCUT2D eigenvalue weighted by Crippen LogP contribution is -1.98. The van der Waals surface area contributed by atoms with E-state index < -0.39 is 0 Å². The van der Waals surface area contributed by atoms with Crippen LogP contribution < -0.4 is 0 Å². The van der Waals surface area contributed by atoms with E-state index in [0.717, 1.165) is 73.1 Å². The highest BCUT2D eigenvalue weighted by Crippen LogP contribution is 2.35. The number of aromatic nitrogens is 6. The second kappa shape index (κ2) is 13.0. The normalized spacial score (nSPS) is 10.9. The van der Waals surface area contributed by atoms with Crippen LogP contribution in [0.2, 0.25) is 0 Å². The van der Waals surface area contributed by atoms with Crippen molar-refractivity contribution in [2.45, 2.75) is 0 Å². The molecule has 0 saturated carbocycles. The predicted octanol–water partition coefficient (Wildman–Crippen LogP) is 9.73. The van der Waals surface area contributed by atoms with Gasteiger partial charge in [0.15, 0.2) is 5.82 Å². The van der Waals surface area contributed by atoms with Crippen molar-refractivity contribution in [1.29, 1.82) is 0 Å². The quantitative estimate of drug-likeness (QED) is 0.177. The first-order valence-electron chi connectivity index (χ1n) is 15.7. The number of hydrogen-bond acceptors (Lipinski definition) is 6. The SMILES string of the molecule is c1ccc(-c2ccc(-c3cc(-c4ccc(-c5ccccn5)cc4)cc(-c4nc(-c5ccccn5)cc(-c5ccccn5)n4)c3)cc2)nc1. The Morgan fingerprint density at radius 2 is 0.604 bits per heavy atom. The van der Waals surface area contributed by atoms with Crippen molar-refractivity contribution in [3.8, 4) is 78.9 Å². The minimum absolute atomic E-state index is 0.595. The molecule has 226 valence electrons. The van der Waals surface area contributed by atoms with Crippen molar-refractivity contribution in [3.05, 3.63) is 170 Å². The van der Waals surface area contributed by atoms with Gasteiger partial charge in [0.05, 0.1) is 34.2 Å². The summed E-state index contributed by atoms with van der Waals surface area (Å²) in [6.07, 6.45) is 7.19. The molecule has 8 aromatic rings. The van der Waals surface area contributed by atoms with Crippen molar-refractivity contribution < 1.29 is 0 Å². The van der Waals surface area contributed by atoms with Crippen LogP contribution in [0, 0.1) is 0 Å². The zero-order chi connectivity index (χ0) is 32.1. The first-order chi connectivity index (χ1) is 23.8. The molecule has 0 aliphatic carbocycles. The van der Waals surface area contributed by atoms with Crippen LogP contribution in [0.15, 0.2) is 170 Å². The van der Waals surface area contributed by atoms with Crippen LogP contribution in [0.4, 0.5) is 0 Å². The van der Waals surface area contributed by atoms with Crippen LogP contribution >= 0.6 is 0 Å². The van der Waals surface area contributed by atoms with Gasteiger partial charge in [-0.1, -0.05) is 72.8 Å². The molecule has 48 heavy (non-hydrogen) atoms. The summed E-state index contributed by atoms with van der Waals surface area (Å²) in [6.45, 7) is 0. The van der Waals surface area contributed by atoms with Crippen LogP contribution in [0.1, 0.15) is 0 Å². The van der Waals surface area contributed by atoms with Gasteiger partial charge < -0.3 is 0 Å². The average Bonchev–Trinajstić information content (AvgIpc) is 3.19. The molecule has 8 rings (SSSR count). The summed E-state index contributed by atoms with van der Waals surface area (Å²) >= 11 is 0. The molecule has 0 N–H and O–H groups in total. The summed E-state index contributed by atoms with van der Waals surface area (Å²) in [7, 11) is 0. The molecule has 0 aliphatic heterocycles. The Labute approximate surface area is 278 Å². The molecule has 3 aromatic carbocycles. The van der Waals surface area contributed by atoms with Crippen molar-refractivity contribution in [1.82, 2.24) is 29.9 Å². The van der Waals surface area contributed by atoms with Gasteiger partial charge in [0.25, 0.3) is 0 Å². The van der Waals surface area contributed by atoms with Gasteiger partial charge in [0.2, 0.25) is 0 Å². The maximum atomic E-state index is 5.06. The van der Waals surface area contributed by atoms with Gasteiger partial charge in [-0.3, -0.25) is 19.9 Å². The molecule has 0 saturated heterocycles. The zero-order valence-electron chi connectivity index (χ0n) is 25.8. The molecule has 0 spiro atoms. The van der Waals surface area contributed by atoms with Gasteiger partial charge in [-0.25, -0.2) is 9.97 Å². The van der Waals surface area contributed by atoms with Gasteiger partial charge in [0.1, 0.15) is 0 Å². The molecule has 6 nitrogen and oxygen atoms in total. The van der Waals surface area contributed by atoms with E-state index in [-0.39, 0.29) is 0 Å². The van der Waals surface area contributed by atoms with Crippen LogP contribution in [0.25, 0.3) is 78.9 Å². The number of hydrogen-bond donors (Lipinski definition) is 0. The summed E-state index contributed by atoms with van der Waals surface area (Å²) in [5.41, 5.74) is 12.1. The zero-order valence-corrected chi connectivity index (χ0v) is 25.8. The summed E-state index contributed by atoms with van der Waals surface area (Å²) in [4.78, 5) is 28.4. The van der Waals surface area contributed by atoms with Crippen molar-refractivity contribution >= 4 is 0 Å². The third kappa shape index (κ3) is 6.10. The van der Waals surface area contributed by atoms with Crippen molar-refractivity contribution in [3.63, 3.8) is 0 Å². The third-order valence-corrected chi connectivity index (χ3v) is 8.13. The monoisotopic (exact) mass is 616 g/mol. The highest BCUT2D eigenvalue weighted by Gasteiger charge is 2.15. The lowest BCUT2D eigenvalue weighted by Gasteiger charge is -2.13. The van der Waals surface area contributed by atoms with Crippen molar-refractivity contribution in [2.24, 2.45) is 0 Å². The molecule has 5 heterocycles. The second-order valence-electron chi connectivity index (χ2n) is 11.3. The fraction of sp³-hybridized carbons (Fsp3) is 0. The van der Waals surface area contributed by atoms with Crippen LogP contribution in [0.3, 0.4) is 0 Å². The topological polar surface area (TPSA) is 77.3 Å². The van der Waals surface area contributed by atoms with E-state index in [9.17, 15) is 0 Å². The highest BCUT2D eigenvalue weighted by molar-refractivity contribution is 5.82. The summed E-state index contributed by atoms with van der Waals surface area (Å²) in [5.74, 6) is 0.595. The summed E-state index contributed by atoms with van der Waals surface area (Å²) in [5, 5.41) is 0. The molecule has 5 aromatic heterocycles. The van der Waals surface area contributed by atoms with Gasteiger partial charge in [-0.2, -0.15) is 0 Å². The van der Waals surface area contributed by atoms with E-state index >= 15 is 0 Å². The molecule has 0 atom stereocenters. The molecule has 0 unspecified atom stereocenters. The predicted molar refractivity (Wildman–Crippen MR) is 191 cm³/mol. The van der Waals surface area contributed by atoms with E-state index in [1.807, 2.05) is 91.3 Å². The maximum absolute atomic E-state index is 5.06. The van der Waals surface area contributed by atoms with Gasteiger partial charge in [-0.05, 0) is 95.1 Å². The molecular weight excluding hydrogens is 589 g/mol. The third-order valence-electron chi connectivity index (χ3n) is 8.13. The molecular formula is C42H28N6. The molecule has 0 amide bonds. The molecule has 0 aliphatic rings. The lowest BCUT2D eigenvalue weighted by atomic mass is 9.94. The Morgan fingerprint density at radius 3 is 0.979 bits per heavy atom. The Balaban J connectivity index is 1.28. The second-order valence-corrected chi connectivity index (χ2v) is 11.3. The fourth-order valence-electron chi connectivity index (χ4n) is 5.69. The van der Waals surface area contributed by atoms with E-state index in [4.69, 9.17) is 9.97 Å². The molecule has 0 radical (unpaired) electrons. The number of nitrogens with zero attached hydrogens (tertiary/aromatic N) is 6. The standard InChI is InChI=1S/C42H28N6/c1-5-21-43-36(9-1)31-17-13-29(14-18-31)33-25-34(30-15-19-32(20-16-30)37-10-2-6-22-44-37)27-35(26-33)42-47-40(38-11-3-7-23-45-38)28-41(48-42)39-12-4-8-24-46-39/h1-28H. The largest absolute Gasteiger partial charge is 0.256 e. The number of rotatable bonds is 7. The lowest BCUT2D eigenvalue weighted by molar-refractivity contribution is 1.15. The smallest absolute Gasteiger partial charge is 0.160 e. The first-order valence-corrected chi connectivity index (χ1v) is 15.7. The first kappa shape index (κ1) is 28.8. The van der Waals surface area contributed by atoms with Crippen LogP contribution in [-0.4, -0.2) is 29.9 Å². The van der Waals surface area contributed by atoms with Crippen LogP contribution in [-0.2, 0) is 0 Å². The van der Waals surface area contributed by atoms with E-state index in [0.29, 0.717) is 5.82 Å². The summed E-state index contributed by atoms with van der Waals surface area (Å²) in [6, 6.07) is 49.1. The van der Waals surface area contributed by atoms with E-state index in [2.05, 4.69) is 86.7 Å². The number of pyridine rings is 4. The molecule has 6 heteroatoms. The highest BCUT2D eigenvalue weighted by atomic mass is 14.9. The Morgan fingerprint density at radius 1 is 0.250 bits per heavy atom. The summed E-state index contributed by atoms with van der Waals surface area (Å²) < 4.78 is 0. The minimum atomic E-state index is 0.595. The van der Waals surface area contributed by atoms with Gasteiger partial charge in [-0.15, -0.1) is 0 Å². The average molecular weight is 617 g/mol. The van der Waals surface area contributed by atoms with Crippen molar-refractivity contribution in [2.75, 3.05) is 0 Å². The Hall–Kier alpha value is -6.66. The number of benzene rings is 3. The van der Waals surface area contributed by atoms with E-state index in [1.165, 1.54) is 0 Å². The van der Waals surface area contributed by atoms with Crippen LogP contribution in [0.5, 0.6) is 0 Å². The van der Waals surface area contributed by atoms with Gasteiger partial charge >= 0.3 is 0 Å². The Kier molecular flexibility index (Phi) is 7.79. The van der Waals surface area contributed by atoms with E-state index in [1.54, 1.807) is 12.4 Å². The fourth-order valence-corrected chi connectivity index (χ4v) is 5.69. The molecule has 0 bridgehead atoms. The maximum Gasteiger partial charge on any atom is 0.160 e. The van der Waals surface area contributed by atoms with Gasteiger partial charge in [0, 0.05) is 41.5 Å². The Bertz CT molecular complexity index is 2130. The minimum Gasteiger partial charge on any atom is -0.256 e. The molecule has 0 fully saturated rings.